The van der Waals surface area contributed by atoms with Crippen molar-refractivity contribution in [1.29, 1.82) is 0 Å². The molecule has 6 nitrogen and oxygen atoms in total. The summed E-state index contributed by atoms with van der Waals surface area (Å²) >= 11 is 6.19. The van der Waals surface area contributed by atoms with Crippen molar-refractivity contribution >= 4 is 29.4 Å². The Hall–Kier alpha value is -2.86. The third-order valence-corrected chi connectivity index (χ3v) is 4.35. The van der Waals surface area contributed by atoms with Gasteiger partial charge in [0.15, 0.2) is 0 Å². The summed E-state index contributed by atoms with van der Waals surface area (Å²) in [6, 6.07) is 16.2. The number of halogens is 1. The summed E-state index contributed by atoms with van der Waals surface area (Å²) in [4.78, 5) is 28.5. The van der Waals surface area contributed by atoms with Crippen LogP contribution in [0.5, 0.6) is 5.75 Å². The summed E-state index contributed by atoms with van der Waals surface area (Å²) in [6.45, 7) is 0.429. The summed E-state index contributed by atoms with van der Waals surface area (Å²) < 4.78 is 5.56. The van der Waals surface area contributed by atoms with E-state index in [1.54, 1.807) is 6.07 Å². The molecule has 2 aromatic rings. The Morgan fingerprint density at radius 3 is 2.70 bits per heavy atom. The fourth-order valence-electron chi connectivity index (χ4n) is 2.71. The van der Waals surface area contributed by atoms with E-state index in [4.69, 9.17) is 16.3 Å². The first-order valence-electron chi connectivity index (χ1n) is 8.71. The number of carbonyl (C=O) groups excluding carboxylic acids is 2. The van der Waals surface area contributed by atoms with E-state index in [2.05, 4.69) is 15.6 Å². The molecule has 0 radical (unpaired) electrons. The first-order chi connectivity index (χ1) is 13.1. The van der Waals surface area contributed by atoms with Crippen LogP contribution in [0.4, 0.5) is 0 Å². The van der Waals surface area contributed by atoms with Crippen LogP contribution in [0.3, 0.4) is 0 Å². The number of carbonyl (C=O) groups is 2. The SMILES string of the molecule is O=C(CCCOc1ccccc1)NC1=NC(c2ccccc2Cl)CC(=O)N1. The zero-order valence-electron chi connectivity index (χ0n) is 14.7. The Kier molecular flexibility index (Phi) is 6.44. The topological polar surface area (TPSA) is 79.8 Å². The number of ether oxygens (including phenoxy) is 1. The van der Waals surface area contributed by atoms with Crippen LogP contribution in [0.25, 0.3) is 0 Å². The third-order valence-electron chi connectivity index (χ3n) is 4.00. The molecule has 27 heavy (non-hydrogen) atoms. The molecule has 2 aromatic carbocycles. The first kappa shape index (κ1) is 18.9. The molecule has 0 spiro atoms. The van der Waals surface area contributed by atoms with Crippen LogP contribution in [0.2, 0.25) is 5.02 Å². The number of hydrogen-bond acceptors (Lipinski definition) is 4. The van der Waals surface area contributed by atoms with E-state index in [-0.39, 0.29) is 30.6 Å². The number of nitrogens with zero attached hydrogens (tertiary/aromatic N) is 1. The van der Waals surface area contributed by atoms with Gasteiger partial charge in [-0.05, 0) is 30.2 Å². The zero-order valence-corrected chi connectivity index (χ0v) is 15.4. The molecule has 0 saturated carbocycles. The van der Waals surface area contributed by atoms with Gasteiger partial charge in [0, 0.05) is 11.4 Å². The predicted molar refractivity (Wildman–Crippen MR) is 104 cm³/mol. The van der Waals surface area contributed by atoms with Crippen LogP contribution in [-0.4, -0.2) is 24.4 Å². The Bertz CT molecular complexity index is 839. The zero-order chi connectivity index (χ0) is 19.1. The molecule has 1 aliphatic heterocycles. The van der Waals surface area contributed by atoms with Gasteiger partial charge in [0.1, 0.15) is 5.75 Å². The van der Waals surface area contributed by atoms with E-state index in [1.165, 1.54) is 0 Å². The number of rotatable bonds is 6. The smallest absolute Gasteiger partial charge is 0.229 e. The molecule has 0 fully saturated rings. The number of hydrogen-bond donors (Lipinski definition) is 2. The lowest BCUT2D eigenvalue weighted by Crippen LogP contribution is -2.47. The van der Waals surface area contributed by atoms with Crippen molar-refractivity contribution in [2.75, 3.05) is 6.61 Å². The van der Waals surface area contributed by atoms with Crippen molar-refractivity contribution in [3.63, 3.8) is 0 Å². The number of amides is 2. The molecule has 1 atom stereocenters. The van der Waals surface area contributed by atoms with Gasteiger partial charge in [0.25, 0.3) is 0 Å². The summed E-state index contributed by atoms with van der Waals surface area (Å²) in [5, 5.41) is 5.78. The van der Waals surface area contributed by atoms with Crippen LogP contribution in [0, 0.1) is 0 Å². The van der Waals surface area contributed by atoms with Crippen molar-refractivity contribution in [1.82, 2.24) is 10.6 Å². The Labute approximate surface area is 162 Å². The standard InChI is InChI=1S/C20H20ClN3O3/c21-16-10-5-4-9-15(16)17-13-19(26)24-20(22-17)23-18(25)11-6-12-27-14-7-2-1-3-8-14/h1-5,7-10,17H,6,11-13H2,(H2,22,23,24,25,26). The van der Waals surface area contributed by atoms with E-state index < -0.39 is 6.04 Å². The Morgan fingerprint density at radius 2 is 1.93 bits per heavy atom. The highest BCUT2D eigenvalue weighted by Gasteiger charge is 2.24. The second-order valence-corrected chi connectivity index (χ2v) is 6.49. The molecule has 0 aliphatic carbocycles. The molecule has 2 amide bonds. The maximum atomic E-state index is 12.1. The van der Waals surface area contributed by atoms with Gasteiger partial charge in [0.05, 0.1) is 19.1 Å². The molecule has 1 unspecified atom stereocenters. The normalized spacial score (nSPS) is 16.3. The van der Waals surface area contributed by atoms with E-state index in [0.717, 1.165) is 11.3 Å². The van der Waals surface area contributed by atoms with Gasteiger partial charge in [-0.15, -0.1) is 0 Å². The number of para-hydroxylation sites is 1. The van der Waals surface area contributed by atoms with Crippen molar-refractivity contribution in [2.24, 2.45) is 4.99 Å². The molecule has 0 bridgehead atoms. The summed E-state index contributed by atoms with van der Waals surface area (Å²) in [5.41, 5.74) is 0.761. The Balaban J connectivity index is 1.52. The van der Waals surface area contributed by atoms with Gasteiger partial charge in [-0.3, -0.25) is 20.2 Å². The fraction of sp³-hybridized carbons (Fsp3) is 0.250. The second kappa shape index (κ2) is 9.19. The third kappa shape index (κ3) is 5.56. The van der Waals surface area contributed by atoms with Gasteiger partial charge in [-0.2, -0.15) is 0 Å². The highest BCUT2D eigenvalue weighted by atomic mass is 35.5. The van der Waals surface area contributed by atoms with E-state index in [9.17, 15) is 9.59 Å². The summed E-state index contributed by atoms with van der Waals surface area (Å²) in [5.74, 6) is 0.484. The largest absolute Gasteiger partial charge is 0.494 e. The molecular formula is C20H20ClN3O3. The molecule has 1 aliphatic rings. The van der Waals surface area contributed by atoms with E-state index in [0.29, 0.717) is 18.1 Å². The Morgan fingerprint density at radius 1 is 1.19 bits per heavy atom. The maximum absolute atomic E-state index is 12.1. The minimum Gasteiger partial charge on any atom is -0.494 e. The lowest BCUT2D eigenvalue weighted by Gasteiger charge is -2.22. The van der Waals surface area contributed by atoms with Crippen molar-refractivity contribution in [3.05, 3.63) is 65.2 Å². The lowest BCUT2D eigenvalue weighted by molar-refractivity contribution is -0.120. The van der Waals surface area contributed by atoms with Gasteiger partial charge in [-0.25, -0.2) is 4.99 Å². The van der Waals surface area contributed by atoms with Gasteiger partial charge in [-0.1, -0.05) is 48.0 Å². The summed E-state index contributed by atoms with van der Waals surface area (Å²) in [6.07, 6.45) is 1.00. The number of nitrogens with one attached hydrogen (secondary N) is 2. The first-order valence-corrected chi connectivity index (χ1v) is 9.09. The summed E-state index contributed by atoms with van der Waals surface area (Å²) in [7, 11) is 0. The maximum Gasteiger partial charge on any atom is 0.229 e. The average Bonchev–Trinajstić information content (AvgIpc) is 2.66. The lowest BCUT2D eigenvalue weighted by atomic mass is 10.0. The van der Waals surface area contributed by atoms with E-state index in [1.807, 2.05) is 48.5 Å². The van der Waals surface area contributed by atoms with Crippen LogP contribution in [0.1, 0.15) is 30.9 Å². The predicted octanol–water partition coefficient (Wildman–Crippen LogP) is 3.23. The minimum absolute atomic E-state index is 0.158. The molecule has 140 valence electrons. The van der Waals surface area contributed by atoms with Crippen LogP contribution in [0.15, 0.2) is 59.6 Å². The van der Waals surface area contributed by atoms with Crippen LogP contribution < -0.4 is 15.4 Å². The molecular weight excluding hydrogens is 366 g/mol. The highest BCUT2D eigenvalue weighted by molar-refractivity contribution is 6.31. The van der Waals surface area contributed by atoms with Crippen LogP contribution >= 0.6 is 11.6 Å². The number of aliphatic imine (C=N–C) groups is 1. The molecule has 2 N–H and O–H groups in total. The van der Waals surface area contributed by atoms with Gasteiger partial charge >= 0.3 is 0 Å². The van der Waals surface area contributed by atoms with Crippen molar-refractivity contribution in [2.45, 2.75) is 25.3 Å². The second-order valence-electron chi connectivity index (χ2n) is 6.08. The quantitative estimate of drug-likeness (QED) is 0.749. The highest BCUT2D eigenvalue weighted by Crippen LogP contribution is 2.29. The minimum atomic E-state index is -0.413. The fourth-order valence-corrected chi connectivity index (χ4v) is 2.98. The molecule has 7 heteroatoms. The van der Waals surface area contributed by atoms with Crippen molar-refractivity contribution in [3.8, 4) is 5.75 Å². The van der Waals surface area contributed by atoms with Gasteiger partial charge in [0.2, 0.25) is 17.8 Å². The molecule has 0 aromatic heterocycles. The van der Waals surface area contributed by atoms with Crippen molar-refractivity contribution < 1.29 is 14.3 Å². The molecule has 0 saturated heterocycles. The van der Waals surface area contributed by atoms with Crippen LogP contribution in [-0.2, 0) is 9.59 Å². The average molecular weight is 386 g/mol. The van der Waals surface area contributed by atoms with E-state index >= 15 is 0 Å². The molecule has 3 rings (SSSR count). The number of benzene rings is 2. The number of guanidine groups is 1. The molecule has 1 heterocycles. The monoisotopic (exact) mass is 385 g/mol. The van der Waals surface area contributed by atoms with Gasteiger partial charge < -0.3 is 4.74 Å².